The Bertz CT molecular complexity index is 715. The molecule has 1 aliphatic carbocycles. The summed E-state index contributed by atoms with van der Waals surface area (Å²) in [4.78, 5) is 0. The normalized spacial score (nSPS) is 13.8. The van der Waals surface area contributed by atoms with Crippen molar-refractivity contribution in [3.05, 3.63) is 56.0 Å². The van der Waals surface area contributed by atoms with Gasteiger partial charge in [0.05, 0.1) is 11.6 Å². The molecule has 1 saturated carbocycles. The molecule has 0 aromatic heterocycles. The van der Waals surface area contributed by atoms with Crippen molar-refractivity contribution in [2.24, 2.45) is 0 Å². The van der Waals surface area contributed by atoms with Gasteiger partial charge in [-0.3, -0.25) is 0 Å². The van der Waals surface area contributed by atoms with Crippen molar-refractivity contribution in [2.45, 2.75) is 32.0 Å². The minimum atomic E-state index is 0.271. The highest BCUT2D eigenvalue weighted by Crippen LogP contribution is 2.38. The topological polar surface area (TPSA) is 30.5 Å². The third-order valence-electron chi connectivity index (χ3n) is 3.88. The van der Waals surface area contributed by atoms with E-state index in [0.29, 0.717) is 27.6 Å². The highest BCUT2D eigenvalue weighted by molar-refractivity contribution is 9.10. The van der Waals surface area contributed by atoms with E-state index in [1.807, 2.05) is 18.2 Å². The lowest BCUT2D eigenvalue weighted by atomic mass is 10.2. The lowest BCUT2D eigenvalue weighted by Gasteiger charge is -2.16. The maximum atomic E-state index is 6.20. The van der Waals surface area contributed by atoms with Crippen molar-refractivity contribution in [3.8, 4) is 11.5 Å². The van der Waals surface area contributed by atoms with E-state index in [-0.39, 0.29) is 6.61 Å². The lowest BCUT2D eigenvalue weighted by Crippen LogP contribution is -2.15. The molecule has 1 fully saturated rings. The van der Waals surface area contributed by atoms with Crippen LogP contribution >= 0.6 is 39.1 Å². The number of halogens is 3. The van der Waals surface area contributed by atoms with E-state index >= 15 is 0 Å². The molecular formula is C18H18BrCl2NO2. The largest absolute Gasteiger partial charge is 0.493 e. The summed E-state index contributed by atoms with van der Waals surface area (Å²) in [7, 11) is 1.63. The molecule has 128 valence electrons. The van der Waals surface area contributed by atoms with Gasteiger partial charge in [-0.25, -0.2) is 0 Å². The average Bonchev–Trinajstić information content (AvgIpc) is 3.37. The number of nitrogens with one attached hydrogen (secondary N) is 1. The van der Waals surface area contributed by atoms with Crippen LogP contribution in [0, 0.1) is 0 Å². The van der Waals surface area contributed by atoms with E-state index in [1.165, 1.54) is 12.8 Å². The standard InChI is InChI=1S/C18H18BrCl2NO2/c1-23-17-8-11(9-22-12-5-6-12)7-14(19)18(17)24-10-13-15(20)3-2-4-16(13)21/h2-4,7-8,12,22H,5-6,9-10H2,1H3. The minimum Gasteiger partial charge on any atom is -0.493 e. The summed E-state index contributed by atoms with van der Waals surface area (Å²) in [5.41, 5.74) is 1.91. The molecule has 0 saturated heterocycles. The Hall–Kier alpha value is -0.940. The molecule has 3 nitrogen and oxygen atoms in total. The van der Waals surface area contributed by atoms with Crippen LogP contribution in [0.2, 0.25) is 10.0 Å². The Morgan fingerprint density at radius 1 is 1.21 bits per heavy atom. The van der Waals surface area contributed by atoms with Gasteiger partial charge in [0.25, 0.3) is 0 Å². The second kappa shape index (κ2) is 7.96. The van der Waals surface area contributed by atoms with Crippen molar-refractivity contribution in [1.29, 1.82) is 0 Å². The Balaban J connectivity index is 1.76. The van der Waals surface area contributed by atoms with E-state index in [9.17, 15) is 0 Å². The second-order valence-electron chi connectivity index (χ2n) is 5.75. The van der Waals surface area contributed by atoms with Crippen LogP contribution in [-0.2, 0) is 13.2 Å². The Morgan fingerprint density at radius 2 is 1.92 bits per heavy atom. The van der Waals surface area contributed by atoms with Crippen molar-refractivity contribution >= 4 is 39.1 Å². The molecule has 3 rings (SSSR count). The molecule has 2 aromatic rings. The van der Waals surface area contributed by atoms with Gasteiger partial charge in [-0.1, -0.05) is 29.3 Å². The van der Waals surface area contributed by atoms with Crippen molar-refractivity contribution in [1.82, 2.24) is 5.32 Å². The van der Waals surface area contributed by atoms with Gasteiger partial charge in [-0.15, -0.1) is 0 Å². The van der Waals surface area contributed by atoms with Gasteiger partial charge in [-0.2, -0.15) is 0 Å². The molecule has 6 heteroatoms. The maximum absolute atomic E-state index is 6.20. The Labute approximate surface area is 160 Å². The van der Waals surface area contributed by atoms with E-state index in [0.717, 1.165) is 22.1 Å². The van der Waals surface area contributed by atoms with Gasteiger partial charge in [0.2, 0.25) is 0 Å². The van der Waals surface area contributed by atoms with E-state index in [4.69, 9.17) is 32.7 Å². The van der Waals surface area contributed by atoms with Crippen LogP contribution in [0.15, 0.2) is 34.8 Å². The molecule has 0 heterocycles. The summed E-state index contributed by atoms with van der Waals surface area (Å²) in [6, 6.07) is 10.1. The van der Waals surface area contributed by atoms with Gasteiger partial charge < -0.3 is 14.8 Å². The molecule has 0 bridgehead atoms. The highest BCUT2D eigenvalue weighted by Gasteiger charge is 2.21. The van der Waals surface area contributed by atoms with Crippen molar-refractivity contribution in [3.63, 3.8) is 0 Å². The molecule has 0 amide bonds. The van der Waals surface area contributed by atoms with Crippen LogP contribution in [0.5, 0.6) is 11.5 Å². The number of rotatable bonds is 7. The van der Waals surface area contributed by atoms with Gasteiger partial charge in [0.15, 0.2) is 11.5 Å². The number of hydrogen-bond acceptors (Lipinski definition) is 3. The molecule has 24 heavy (non-hydrogen) atoms. The molecule has 0 atom stereocenters. The summed E-state index contributed by atoms with van der Waals surface area (Å²) in [6.07, 6.45) is 2.52. The Kier molecular flexibility index (Phi) is 5.93. The zero-order valence-electron chi connectivity index (χ0n) is 13.2. The van der Waals surface area contributed by atoms with E-state index in [1.54, 1.807) is 19.2 Å². The first-order chi connectivity index (χ1) is 11.6. The molecular weight excluding hydrogens is 413 g/mol. The quantitative estimate of drug-likeness (QED) is 0.620. The lowest BCUT2D eigenvalue weighted by molar-refractivity contribution is 0.282. The van der Waals surface area contributed by atoms with Crippen molar-refractivity contribution < 1.29 is 9.47 Å². The molecule has 0 aliphatic heterocycles. The first-order valence-electron chi connectivity index (χ1n) is 7.74. The predicted molar refractivity (Wildman–Crippen MR) is 101 cm³/mol. The average molecular weight is 431 g/mol. The first-order valence-corrected chi connectivity index (χ1v) is 9.29. The summed E-state index contributed by atoms with van der Waals surface area (Å²) >= 11 is 16.0. The third-order valence-corrected chi connectivity index (χ3v) is 5.18. The van der Waals surface area contributed by atoms with Gasteiger partial charge >= 0.3 is 0 Å². The van der Waals surface area contributed by atoms with Crippen LogP contribution in [0.25, 0.3) is 0 Å². The molecule has 0 spiro atoms. The third kappa shape index (κ3) is 4.37. The van der Waals surface area contributed by atoms with E-state index < -0.39 is 0 Å². The maximum Gasteiger partial charge on any atom is 0.175 e. The van der Waals surface area contributed by atoms with E-state index in [2.05, 4.69) is 21.2 Å². The number of hydrogen-bond donors (Lipinski definition) is 1. The van der Waals surface area contributed by atoms with Crippen LogP contribution in [0.3, 0.4) is 0 Å². The molecule has 1 N–H and O–H groups in total. The fraction of sp³-hybridized carbons (Fsp3) is 0.333. The number of benzene rings is 2. The van der Waals surface area contributed by atoms with Crippen LogP contribution in [-0.4, -0.2) is 13.2 Å². The first kappa shape index (κ1) is 17.9. The fourth-order valence-electron chi connectivity index (χ4n) is 2.38. The molecule has 1 aliphatic rings. The smallest absolute Gasteiger partial charge is 0.175 e. The van der Waals surface area contributed by atoms with Gasteiger partial charge in [-0.05, 0) is 58.6 Å². The highest BCUT2D eigenvalue weighted by atomic mass is 79.9. The number of methoxy groups -OCH3 is 1. The fourth-order valence-corrected chi connectivity index (χ4v) is 3.49. The predicted octanol–water partition coefficient (Wildman–Crippen LogP) is 5.60. The summed E-state index contributed by atoms with van der Waals surface area (Å²) in [6.45, 7) is 1.09. The Morgan fingerprint density at radius 3 is 2.54 bits per heavy atom. The number of ether oxygens (including phenoxy) is 2. The summed E-state index contributed by atoms with van der Waals surface area (Å²) in [5.74, 6) is 1.32. The summed E-state index contributed by atoms with van der Waals surface area (Å²) in [5, 5.41) is 4.66. The molecule has 0 unspecified atom stereocenters. The van der Waals surface area contributed by atoms with Gasteiger partial charge in [0, 0.05) is 28.2 Å². The SMILES string of the molecule is COc1cc(CNC2CC2)cc(Br)c1OCc1c(Cl)cccc1Cl. The molecule has 0 radical (unpaired) electrons. The summed E-state index contributed by atoms with van der Waals surface area (Å²) < 4.78 is 12.3. The van der Waals surface area contributed by atoms with Crippen LogP contribution in [0.1, 0.15) is 24.0 Å². The minimum absolute atomic E-state index is 0.271. The molecule has 2 aromatic carbocycles. The van der Waals surface area contributed by atoms with Crippen LogP contribution < -0.4 is 14.8 Å². The van der Waals surface area contributed by atoms with Crippen LogP contribution in [0.4, 0.5) is 0 Å². The van der Waals surface area contributed by atoms with Crippen molar-refractivity contribution in [2.75, 3.05) is 7.11 Å². The zero-order chi connectivity index (χ0) is 17.1. The second-order valence-corrected chi connectivity index (χ2v) is 7.42. The zero-order valence-corrected chi connectivity index (χ0v) is 16.3. The monoisotopic (exact) mass is 429 g/mol. The van der Waals surface area contributed by atoms with Gasteiger partial charge in [0.1, 0.15) is 6.61 Å².